The maximum atomic E-state index is 13.7. The molecule has 0 aromatic carbocycles. The van der Waals surface area contributed by atoms with Crippen molar-refractivity contribution in [1.29, 1.82) is 0 Å². The third kappa shape index (κ3) is 4.02. The number of anilines is 2. The summed E-state index contributed by atoms with van der Waals surface area (Å²) in [4.78, 5) is 3.87. The van der Waals surface area contributed by atoms with Crippen LogP contribution in [0.3, 0.4) is 0 Å². The Morgan fingerprint density at radius 3 is 2.32 bits per heavy atom. The zero-order chi connectivity index (χ0) is 14.6. The van der Waals surface area contributed by atoms with Gasteiger partial charge in [0.2, 0.25) is 0 Å². The van der Waals surface area contributed by atoms with E-state index in [2.05, 4.69) is 15.6 Å². The number of pyridine rings is 1. The molecule has 0 radical (unpaired) electrons. The first-order chi connectivity index (χ1) is 8.79. The summed E-state index contributed by atoms with van der Waals surface area (Å²) in [5.74, 6) is -1.51. The standard InChI is InChI=1S/C13H21F2N3O/c1-13(2,3)10(5-6-19)17-12-9(15)7-8(14)11(16-4)18-12/h7,10,19H,5-6H2,1-4H3,(H2,16,17,18). The summed E-state index contributed by atoms with van der Waals surface area (Å²) in [6, 6.07) is 0.620. The molecule has 0 bridgehead atoms. The van der Waals surface area contributed by atoms with Gasteiger partial charge in [-0.25, -0.2) is 13.8 Å². The van der Waals surface area contributed by atoms with Gasteiger partial charge in [-0.2, -0.15) is 0 Å². The predicted molar refractivity (Wildman–Crippen MR) is 72.3 cm³/mol. The van der Waals surface area contributed by atoms with Crippen molar-refractivity contribution in [3.8, 4) is 0 Å². The summed E-state index contributed by atoms with van der Waals surface area (Å²) in [6.07, 6.45) is 0.455. The smallest absolute Gasteiger partial charge is 0.168 e. The molecular weight excluding hydrogens is 252 g/mol. The van der Waals surface area contributed by atoms with Crippen LogP contribution >= 0.6 is 0 Å². The lowest BCUT2D eigenvalue weighted by Gasteiger charge is -2.31. The van der Waals surface area contributed by atoms with Crippen molar-refractivity contribution in [1.82, 2.24) is 4.98 Å². The van der Waals surface area contributed by atoms with Crippen LogP contribution in [-0.2, 0) is 0 Å². The summed E-state index contributed by atoms with van der Waals surface area (Å²) >= 11 is 0. The molecule has 0 amide bonds. The highest BCUT2D eigenvalue weighted by Crippen LogP contribution is 2.27. The van der Waals surface area contributed by atoms with Gasteiger partial charge in [-0.05, 0) is 11.8 Å². The largest absolute Gasteiger partial charge is 0.396 e. The van der Waals surface area contributed by atoms with Crippen LogP contribution in [-0.4, -0.2) is 29.8 Å². The van der Waals surface area contributed by atoms with Gasteiger partial charge in [-0.3, -0.25) is 0 Å². The van der Waals surface area contributed by atoms with Crippen LogP contribution in [0, 0.1) is 17.0 Å². The summed E-state index contributed by atoms with van der Waals surface area (Å²) in [5.41, 5.74) is -0.189. The minimum atomic E-state index is -0.747. The number of aliphatic hydroxyl groups excluding tert-OH is 1. The van der Waals surface area contributed by atoms with Crippen molar-refractivity contribution in [2.75, 3.05) is 24.3 Å². The molecule has 0 aliphatic rings. The Bertz CT molecular complexity index is 433. The van der Waals surface area contributed by atoms with Crippen LogP contribution in [0.4, 0.5) is 20.4 Å². The molecule has 0 spiro atoms. The second-order valence-electron chi connectivity index (χ2n) is 5.47. The topological polar surface area (TPSA) is 57.2 Å². The Kier molecular flexibility index (Phi) is 5.05. The van der Waals surface area contributed by atoms with E-state index in [1.807, 2.05) is 20.8 Å². The fraction of sp³-hybridized carbons (Fsp3) is 0.615. The van der Waals surface area contributed by atoms with Gasteiger partial charge < -0.3 is 15.7 Å². The number of aliphatic hydroxyl groups is 1. The number of halogens is 2. The lowest BCUT2D eigenvalue weighted by Crippen LogP contribution is -2.35. The first-order valence-electron chi connectivity index (χ1n) is 6.20. The van der Waals surface area contributed by atoms with Gasteiger partial charge in [-0.1, -0.05) is 20.8 Å². The van der Waals surface area contributed by atoms with Crippen LogP contribution in [0.2, 0.25) is 0 Å². The number of aromatic nitrogens is 1. The molecule has 0 aliphatic carbocycles. The molecule has 1 heterocycles. The fourth-order valence-electron chi connectivity index (χ4n) is 1.76. The molecule has 0 fully saturated rings. The Morgan fingerprint density at radius 2 is 1.84 bits per heavy atom. The van der Waals surface area contributed by atoms with Gasteiger partial charge in [0.25, 0.3) is 0 Å². The number of nitrogens with zero attached hydrogens (tertiary/aromatic N) is 1. The molecule has 6 heteroatoms. The zero-order valence-corrected chi connectivity index (χ0v) is 11.7. The van der Waals surface area contributed by atoms with Crippen molar-refractivity contribution in [2.24, 2.45) is 5.41 Å². The van der Waals surface area contributed by atoms with Crippen molar-refractivity contribution >= 4 is 11.6 Å². The van der Waals surface area contributed by atoms with Crippen molar-refractivity contribution in [3.05, 3.63) is 17.7 Å². The Labute approximate surface area is 112 Å². The van der Waals surface area contributed by atoms with Gasteiger partial charge in [0.15, 0.2) is 23.3 Å². The molecule has 4 nitrogen and oxygen atoms in total. The molecule has 0 saturated heterocycles. The predicted octanol–water partition coefficient (Wildman–Crippen LogP) is 2.61. The van der Waals surface area contributed by atoms with E-state index in [0.29, 0.717) is 6.42 Å². The Balaban J connectivity index is 3.02. The Morgan fingerprint density at radius 1 is 1.26 bits per heavy atom. The summed E-state index contributed by atoms with van der Waals surface area (Å²) in [7, 11) is 1.52. The van der Waals surface area contributed by atoms with Gasteiger partial charge in [0.05, 0.1) is 0 Å². The van der Waals surface area contributed by atoms with Crippen LogP contribution in [0.1, 0.15) is 27.2 Å². The number of nitrogens with one attached hydrogen (secondary N) is 2. The van der Waals surface area contributed by atoms with E-state index >= 15 is 0 Å². The second-order valence-corrected chi connectivity index (χ2v) is 5.47. The minimum absolute atomic E-state index is 0.0134. The summed E-state index contributed by atoms with van der Waals surface area (Å²) in [5, 5.41) is 14.6. The molecule has 108 valence electrons. The van der Waals surface area contributed by atoms with E-state index in [1.54, 1.807) is 0 Å². The monoisotopic (exact) mass is 273 g/mol. The average Bonchev–Trinajstić information content (AvgIpc) is 2.30. The van der Waals surface area contributed by atoms with Gasteiger partial charge >= 0.3 is 0 Å². The van der Waals surface area contributed by atoms with Crippen LogP contribution in [0.5, 0.6) is 0 Å². The average molecular weight is 273 g/mol. The highest BCUT2D eigenvalue weighted by molar-refractivity contribution is 5.47. The maximum Gasteiger partial charge on any atom is 0.168 e. The van der Waals surface area contributed by atoms with E-state index in [-0.39, 0.29) is 29.7 Å². The molecule has 1 rings (SSSR count). The zero-order valence-electron chi connectivity index (χ0n) is 11.7. The fourth-order valence-corrected chi connectivity index (χ4v) is 1.76. The van der Waals surface area contributed by atoms with Crippen LogP contribution < -0.4 is 10.6 Å². The summed E-state index contributed by atoms with van der Waals surface area (Å²) in [6.45, 7) is 5.90. The highest BCUT2D eigenvalue weighted by atomic mass is 19.1. The Hall–Kier alpha value is -1.43. The lowest BCUT2D eigenvalue weighted by molar-refractivity contribution is 0.234. The number of hydrogen-bond donors (Lipinski definition) is 3. The molecule has 19 heavy (non-hydrogen) atoms. The number of hydrogen-bond acceptors (Lipinski definition) is 4. The van der Waals surface area contributed by atoms with Crippen molar-refractivity contribution < 1.29 is 13.9 Å². The van der Waals surface area contributed by atoms with Gasteiger partial charge in [0.1, 0.15) is 0 Å². The van der Waals surface area contributed by atoms with Gasteiger partial charge in [-0.15, -0.1) is 0 Å². The highest BCUT2D eigenvalue weighted by Gasteiger charge is 2.25. The molecule has 1 atom stereocenters. The lowest BCUT2D eigenvalue weighted by atomic mass is 9.85. The van der Waals surface area contributed by atoms with Crippen LogP contribution in [0.15, 0.2) is 6.07 Å². The molecule has 1 aromatic rings. The number of rotatable bonds is 5. The molecule has 1 aromatic heterocycles. The summed E-state index contributed by atoms with van der Waals surface area (Å²) < 4.78 is 27.0. The maximum absolute atomic E-state index is 13.7. The first-order valence-corrected chi connectivity index (χ1v) is 6.20. The van der Waals surface area contributed by atoms with E-state index in [0.717, 1.165) is 6.07 Å². The third-order valence-corrected chi connectivity index (χ3v) is 2.94. The molecule has 1 unspecified atom stereocenters. The molecule has 0 aliphatic heterocycles. The van der Waals surface area contributed by atoms with E-state index < -0.39 is 11.6 Å². The van der Waals surface area contributed by atoms with Crippen LogP contribution in [0.25, 0.3) is 0 Å². The normalized spacial score (nSPS) is 13.2. The van der Waals surface area contributed by atoms with E-state index in [4.69, 9.17) is 5.11 Å². The van der Waals surface area contributed by atoms with Gasteiger partial charge in [0, 0.05) is 25.8 Å². The van der Waals surface area contributed by atoms with Crippen molar-refractivity contribution in [2.45, 2.75) is 33.2 Å². The first kappa shape index (κ1) is 15.6. The SMILES string of the molecule is CNc1nc(NC(CCO)C(C)(C)C)c(F)cc1F. The molecule has 0 saturated carbocycles. The van der Waals surface area contributed by atoms with E-state index in [1.165, 1.54) is 7.05 Å². The van der Waals surface area contributed by atoms with Crippen molar-refractivity contribution in [3.63, 3.8) is 0 Å². The second kappa shape index (κ2) is 6.14. The quantitative estimate of drug-likeness (QED) is 0.772. The van der Waals surface area contributed by atoms with E-state index in [9.17, 15) is 8.78 Å². The molecule has 3 N–H and O–H groups in total. The minimum Gasteiger partial charge on any atom is -0.396 e. The molecular formula is C13H21F2N3O. The third-order valence-electron chi connectivity index (χ3n) is 2.94.